The number of hydrogen-bond acceptors (Lipinski definition) is 6. The van der Waals surface area contributed by atoms with Gasteiger partial charge in [0.05, 0.1) is 17.1 Å². The van der Waals surface area contributed by atoms with Gasteiger partial charge in [0.15, 0.2) is 9.84 Å². The first-order chi connectivity index (χ1) is 14.2. The van der Waals surface area contributed by atoms with E-state index in [4.69, 9.17) is 11.6 Å². The number of aromatic nitrogens is 2. The van der Waals surface area contributed by atoms with Crippen LogP contribution in [0.3, 0.4) is 0 Å². The Labute approximate surface area is 184 Å². The fourth-order valence-electron chi connectivity index (χ4n) is 3.50. The van der Waals surface area contributed by atoms with Crippen molar-refractivity contribution in [2.24, 2.45) is 0 Å². The smallest absolute Gasteiger partial charge is 0.271 e. The van der Waals surface area contributed by atoms with Crippen molar-refractivity contribution in [2.45, 2.75) is 30.5 Å². The summed E-state index contributed by atoms with van der Waals surface area (Å²) in [7, 11) is -1.45. The molecule has 1 aliphatic heterocycles. The third-order valence-electron chi connectivity index (χ3n) is 5.55. The molecule has 0 saturated heterocycles. The maximum Gasteiger partial charge on any atom is 0.271 e. The third-order valence-corrected chi connectivity index (χ3v) is 9.44. The average Bonchev–Trinajstić information content (AvgIpc) is 3.14. The first kappa shape index (κ1) is 21.2. The molecule has 1 atom stereocenters. The topological polar surface area (TPSA) is 72.3 Å². The van der Waals surface area contributed by atoms with Crippen LogP contribution < -0.4 is 5.56 Å². The van der Waals surface area contributed by atoms with Gasteiger partial charge >= 0.3 is 0 Å². The summed E-state index contributed by atoms with van der Waals surface area (Å²) in [5.41, 5.74) is 2.08. The highest BCUT2D eigenvalue weighted by atomic mass is 35.5. The fourth-order valence-corrected chi connectivity index (χ4v) is 6.84. The minimum atomic E-state index is -3.46. The molecule has 30 heavy (non-hydrogen) atoms. The second kappa shape index (κ2) is 7.92. The molecular formula is C21H22ClN3O3S2. The van der Waals surface area contributed by atoms with E-state index in [1.165, 1.54) is 22.1 Å². The molecule has 3 aromatic rings. The molecule has 1 aromatic carbocycles. The second-order valence-electron chi connectivity index (χ2n) is 7.41. The van der Waals surface area contributed by atoms with E-state index < -0.39 is 9.84 Å². The summed E-state index contributed by atoms with van der Waals surface area (Å²) in [5.74, 6) is -0.0307. The molecule has 0 bridgehead atoms. The molecule has 158 valence electrons. The van der Waals surface area contributed by atoms with E-state index in [1.54, 1.807) is 24.3 Å². The van der Waals surface area contributed by atoms with Gasteiger partial charge in [0.2, 0.25) is 0 Å². The molecule has 0 spiro atoms. The molecule has 9 heteroatoms. The van der Waals surface area contributed by atoms with Crippen LogP contribution in [0.2, 0.25) is 5.02 Å². The van der Waals surface area contributed by atoms with Gasteiger partial charge in [0.25, 0.3) is 5.56 Å². The minimum absolute atomic E-state index is 0.0307. The summed E-state index contributed by atoms with van der Waals surface area (Å²) in [4.78, 5) is 15.8. The quantitative estimate of drug-likeness (QED) is 0.585. The highest BCUT2D eigenvalue weighted by Gasteiger charge is 2.31. The zero-order valence-corrected chi connectivity index (χ0v) is 19.3. The summed E-state index contributed by atoms with van der Waals surface area (Å²) in [6.45, 7) is 4.97. The molecule has 6 nitrogen and oxygen atoms in total. The van der Waals surface area contributed by atoms with Gasteiger partial charge in [-0.3, -0.25) is 9.69 Å². The Morgan fingerprint density at radius 1 is 1.27 bits per heavy atom. The molecule has 0 unspecified atom stereocenters. The van der Waals surface area contributed by atoms with Crippen LogP contribution in [-0.4, -0.2) is 42.4 Å². The largest absolute Gasteiger partial charge is 0.299 e. The van der Waals surface area contributed by atoms with Crippen LogP contribution in [0.1, 0.15) is 30.3 Å². The molecule has 0 fully saturated rings. The third kappa shape index (κ3) is 3.73. The summed E-state index contributed by atoms with van der Waals surface area (Å²) in [6, 6.07) is 10.3. The number of halogens is 1. The monoisotopic (exact) mass is 463 g/mol. The number of rotatable bonds is 4. The fraction of sp³-hybridized carbons (Fsp3) is 0.333. The number of sulfone groups is 1. The Hall–Kier alpha value is -2.00. The van der Waals surface area contributed by atoms with Crippen LogP contribution in [0, 0.1) is 0 Å². The highest BCUT2D eigenvalue weighted by Crippen LogP contribution is 2.41. The van der Waals surface area contributed by atoms with Gasteiger partial charge < -0.3 is 0 Å². The maximum atomic E-state index is 13.0. The summed E-state index contributed by atoms with van der Waals surface area (Å²) < 4.78 is 27.6. The Balaban J connectivity index is 1.93. The first-order valence-corrected chi connectivity index (χ1v) is 12.5. The van der Waals surface area contributed by atoms with Crippen molar-refractivity contribution in [1.29, 1.82) is 0 Å². The number of thiophene rings is 1. The van der Waals surface area contributed by atoms with Crippen molar-refractivity contribution in [2.75, 3.05) is 19.3 Å². The lowest BCUT2D eigenvalue weighted by molar-refractivity contribution is 0.279. The SMILES string of the molecule is CCN(C)[C@H](C)c1cc2c(s1)S(=O)(=O)CCc1cc(=O)n(-c3ccc(Cl)cc3)nc1-2. The maximum absolute atomic E-state index is 13.0. The van der Waals surface area contributed by atoms with Gasteiger partial charge in [-0.15, -0.1) is 11.3 Å². The first-order valence-electron chi connectivity index (χ1n) is 9.67. The van der Waals surface area contributed by atoms with E-state index in [0.29, 0.717) is 31.7 Å². The van der Waals surface area contributed by atoms with Crippen LogP contribution in [-0.2, 0) is 16.3 Å². The molecular weight excluding hydrogens is 442 g/mol. The zero-order valence-electron chi connectivity index (χ0n) is 16.9. The lowest BCUT2D eigenvalue weighted by Gasteiger charge is -2.21. The van der Waals surface area contributed by atoms with Gasteiger partial charge in [-0.05, 0) is 62.8 Å². The molecule has 2 aromatic heterocycles. The normalized spacial score (nSPS) is 16.0. The van der Waals surface area contributed by atoms with Gasteiger partial charge in [0, 0.05) is 27.6 Å². The standard InChI is InChI=1S/C21H22ClN3O3S2/c1-4-24(3)13(2)18-12-17-20-14(9-10-30(27,28)21(17)29-18)11-19(26)25(23-20)16-7-5-15(22)6-8-16/h5-8,11-13H,4,9-10H2,1-3H3/t13-/m1/s1. The van der Waals surface area contributed by atoms with Gasteiger partial charge in [-0.25, -0.2) is 8.42 Å². The average molecular weight is 464 g/mol. The zero-order chi connectivity index (χ0) is 21.6. The van der Waals surface area contributed by atoms with Gasteiger partial charge in [-0.1, -0.05) is 18.5 Å². The van der Waals surface area contributed by atoms with Crippen molar-refractivity contribution in [3.05, 3.63) is 62.2 Å². The van der Waals surface area contributed by atoms with E-state index in [1.807, 2.05) is 13.1 Å². The molecule has 1 aliphatic rings. The number of aryl methyl sites for hydroxylation is 1. The van der Waals surface area contributed by atoms with Crippen LogP contribution in [0.4, 0.5) is 0 Å². The minimum Gasteiger partial charge on any atom is -0.299 e. The summed E-state index contributed by atoms with van der Waals surface area (Å²) in [5, 5.41) is 5.17. The highest BCUT2D eigenvalue weighted by molar-refractivity contribution is 7.93. The van der Waals surface area contributed by atoms with Crippen molar-refractivity contribution >= 4 is 32.8 Å². The predicted molar refractivity (Wildman–Crippen MR) is 121 cm³/mol. The van der Waals surface area contributed by atoms with E-state index in [-0.39, 0.29) is 23.8 Å². The van der Waals surface area contributed by atoms with E-state index >= 15 is 0 Å². The van der Waals surface area contributed by atoms with E-state index in [2.05, 4.69) is 23.8 Å². The predicted octanol–water partition coefficient (Wildman–Crippen LogP) is 3.96. The van der Waals surface area contributed by atoms with Crippen LogP contribution in [0.15, 0.2) is 45.4 Å². The second-order valence-corrected chi connectivity index (χ2v) is 11.2. The number of benzene rings is 1. The van der Waals surface area contributed by atoms with Crippen molar-refractivity contribution < 1.29 is 8.42 Å². The lowest BCUT2D eigenvalue weighted by atomic mass is 10.1. The van der Waals surface area contributed by atoms with Crippen LogP contribution in [0.5, 0.6) is 0 Å². The van der Waals surface area contributed by atoms with E-state index in [9.17, 15) is 13.2 Å². The molecule has 0 amide bonds. The van der Waals surface area contributed by atoms with Crippen molar-refractivity contribution in [3.8, 4) is 16.9 Å². The van der Waals surface area contributed by atoms with Crippen molar-refractivity contribution in [3.63, 3.8) is 0 Å². The molecule has 4 rings (SSSR count). The molecule has 3 heterocycles. The molecule has 0 aliphatic carbocycles. The van der Waals surface area contributed by atoms with Gasteiger partial charge in [-0.2, -0.15) is 9.78 Å². The Morgan fingerprint density at radius 2 is 1.97 bits per heavy atom. The van der Waals surface area contributed by atoms with Gasteiger partial charge in [0.1, 0.15) is 4.21 Å². The van der Waals surface area contributed by atoms with Crippen LogP contribution in [0.25, 0.3) is 16.9 Å². The summed E-state index contributed by atoms with van der Waals surface area (Å²) in [6.07, 6.45) is 0.266. The Morgan fingerprint density at radius 3 is 2.63 bits per heavy atom. The number of nitrogens with zero attached hydrogens (tertiary/aromatic N) is 3. The Kier molecular flexibility index (Phi) is 5.61. The molecule has 0 saturated carbocycles. The number of hydrogen-bond donors (Lipinski definition) is 0. The van der Waals surface area contributed by atoms with Crippen molar-refractivity contribution in [1.82, 2.24) is 14.7 Å². The lowest BCUT2D eigenvalue weighted by Crippen LogP contribution is -2.22. The Bertz CT molecular complexity index is 1260. The molecule has 0 radical (unpaired) electrons. The van der Waals surface area contributed by atoms with E-state index in [0.717, 1.165) is 11.4 Å². The molecule has 0 N–H and O–H groups in total. The van der Waals surface area contributed by atoms with Crippen LogP contribution >= 0.6 is 22.9 Å². The summed E-state index contributed by atoms with van der Waals surface area (Å²) >= 11 is 7.27. The number of fused-ring (bicyclic) bond motifs is 3.